The monoisotopic (exact) mass is 573 g/mol. The fraction of sp³-hybridized carbons (Fsp3) is 0.571. The van der Waals surface area contributed by atoms with Gasteiger partial charge in [-0.3, -0.25) is 19.2 Å². The van der Waals surface area contributed by atoms with E-state index in [0.717, 1.165) is 5.56 Å². The second-order valence-electron chi connectivity index (χ2n) is 10.7. The smallest absolute Gasteiger partial charge is 0.407 e. The van der Waals surface area contributed by atoms with Crippen LogP contribution in [0.1, 0.15) is 51.5 Å². The summed E-state index contributed by atoms with van der Waals surface area (Å²) in [5.74, 6) is -3.06. The van der Waals surface area contributed by atoms with Crippen LogP contribution < -0.4 is 16.0 Å². The highest BCUT2D eigenvalue weighted by Gasteiger charge is 2.37. The molecule has 2 fully saturated rings. The number of carboxylic acid groups (broad SMARTS) is 1. The van der Waals surface area contributed by atoms with Crippen molar-refractivity contribution in [1.82, 2.24) is 25.8 Å². The van der Waals surface area contributed by atoms with Gasteiger partial charge in [0.1, 0.15) is 31.3 Å². The number of hydrogen-bond donors (Lipinski definition) is 4. The Hall–Kier alpha value is -4.16. The summed E-state index contributed by atoms with van der Waals surface area (Å²) in [5.41, 5.74) is 0.801. The van der Waals surface area contributed by atoms with Crippen molar-refractivity contribution >= 4 is 35.7 Å². The number of carboxylic acids is 1. The molecule has 41 heavy (non-hydrogen) atoms. The molecule has 0 spiro atoms. The normalized spacial score (nSPS) is 19.0. The average Bonchev–Trinajstić information content (AvgIpc) is 3.64. The van der Waals surface area contributed by atoms with E-state index < -0.39 is 53.8 Å². The first-order chi connectivity index (χ1) is 19.6. The maximum atomic E-state index is 13.2. The molecule has 2 heterocycles. The van der Waals surface area contributed by atoms with E-state index in [1.54, 1.807) is 12.1 Å². The van der Waals surface area contributed by atoms with Crippen LogP contribution >= 0.6 is 0 Å². The summed E-state index contributed by atoms with van der Waals surface area (Å²) < 4.78 is 5.12. The molecule has 2 saturated heterocycles. The van der Waals surface area contributed by atoms with Gasteiger partial charge in [0.05, 0.1) is 6.54 Å². The lowest BCUT2D eigenvalue weighted by molar-refractivity contribution is -0.148. The molecule has 13 nitrogen and oxygen atoms in total. The third kappa shape index (κ3) is 9.19. The molecule has 0 radical (unpaired) electrons. The van der Waals surface area contributed by atoms with E-state index in [4.69, 9.17) is 4.74 Å². The summed E-state index contributed by atoms with van der Waals surface area (Å²) in [4.78, 5) is 77.6. The van der Waals surface area contributed by atoms with Crippen molar-refractivity contribution in [3.8, 4) is 0 Å². The number of alkyl carbamates (subject to hydrolysis) is 1. The lowest BCUT2D eigenvalue weighted by atomic mass is 10.0. The van der Waals surface area contributed by atoms with E-state index >= 15 is 0 Å². The van der Waals surface area contributed by atoms with Gasteiger partial charge in [0, 0.05) is 13.1 Å². The van der Waals surface area contributed by atoms with Gasteiger partial charge >= 0.3 is 12.1 Å². The Morgan fingerprint density at radius 2 is 1.49 bits per heavy atom. The van der Waals surface area contributed by atoms with Crippen LogP contribution in [0.5, 0.6) is 0 Å². The molecule has 1 aromatic carbocycles. The highest BCUT2D eigenvalue weighted by molar-refractivity contribution is 5.94. The van der Waals surface area contributed by atoms with E-state index in [2.05, 4.69) is 16.0 Å². The van der Waals surface area contributed by atoms with Crippen LogP contribution in [0.15, 0.2) is 30.3 Å². The van der Waals surface area contributed by atoms with Gasteiger partial charge in [0.25, 0.3) is 0 Å². The number of nitrogens with zero attached hydrogens (tertiary/aromatic N) is 2. The van der Waals surface area contributed by atoms with Gasteiger partial charge in [-0.2, -0.15) is 0 Å². The molecular weight excluding hydrogens is 534 g/mol. The molecule has 224 valence electrons. The Kier molecular flexibility index (Phi) is 11.5. The van der Waals surface area contributed by atoms with Crippen LogP contribution in [0.3, 0.4) is 0 Å². The Morgan fingerprint density at radius 1 is 0.902 bits per heavy atom. The van der Waals surface area contributed by atoms with E-state index in [-0.39, 0.29) is 25.6 Å². The Balaban J connectivity index is 1.51. The summed E-state index contributed by atoms with van der Waals surface area (Å²) in [6.45, 7) is 3.73. The third-order valence-electron chi connectivity index (χ3n) is 7.08. The number of carbonyl (C=O) groups is 6. The van der Waals surface area contributed by atoms with Gasteiger partial charge in [-0.25, -0.2) is 9.59 Å². The summed E-state index contributed by atoms with van der Waals surface area (Å²) in [5, 5.41) is 17.0. The van der Waals surface area contributed by atoms with Crippen molar-refractivity contribution in [3.63, 3.8) is 0 Å². The first-order valence-corrected chi connectivity index (χ1v) is 13.9. The zero-order valence-corrected chi connectivity index (χ0v) is 23.5. The number of ether oxygens (including phenoxy) is 1. The molecule has 1 aromatic rings. The van der Waals surface area contributed by atoms with Crippen LogP contribution in [0, 0.1) is 5.92 Å². The van der Waals surface area contributed by atoms with Crippen molar-refractivity contribution in [2.75, 3.05) is 26.2 Å². The average molecular weight is 574 g/mol. The fourth-order valence-electron chi connectivity index (χ4n) is 5.04. The molecule has 2 aliphatic heterocycles. The molecule has 5 amide bonds. The largest absolute Gasteiger partial charge is 0.480 e. The van der Waals surface area contributed by atoms with Crippen LogP contribution in [0.4, 0.5) is 4.79 Å². The van der Waals surface area contributed by atoms with Crippen LogP contribution in [0.2, 0.25) is 0 Å². The predicted octanol–water partition coefficient (Wildman–Crippen LogP) is 0.627. The Morgan fingerprint density at radius 3 is 2.10 bits per heavy atom. The number of rotatable bonds is 12. The molecule has 3 atom stereocenters. The van der Waals surface area contributed by atoms with Crippen molar-refractivity contribution in [1.29, 1.82) is 0 Å². The summed E-state index contributed by atoms with van der Waals surface area (Å²) in [6.07, 6.45) is 1.46. The lowest BCUT2D eigenvalue weighted by Gasteiger charge is -2.27. The topological polar surface area (TPSA) is 174 Å². The second kappa shape index (κ2) is 15.0. The number of carbonyl (C=O) groups excluding carboxylic acids is 5. The highest BCUT2D eigenvalue weighted by atomic mass is 16.5. The molecule has 13 heteroatoms. The van der Waals surface area contributed by atoms with Gasteiger partial charge < -0.3 is 35.6 Å². The molecule has 2 aliphatic rings. The maximum Gasteiger partial charge on any atom is 0.407 e. The molecular formula is C28H39N5O8. The van der Waals surface area contributed by atoms with E-state index in [0.29, 0.717) is 45.2 Å². The number of nitrogens with one attached hydrogen (secondary N) is 3. The quantitative estimate of drug-likeness (QED) is 0.282. The molecule has 0 unspecified atom stereocenters. The minimum Gasteiger partial charge on any atom is -0.480 e. The SMILES string of the molecule is CC(C)C[C@H](NC(=O)[C@@H]1CCCN1C(=O)CNC(=O)OCc1ccccc1)C(=O)NCC(=O)N1CCC[C@H]1C(=O)O. The third-order valence-corrected chi connectivity index (χ3v) is 7.08. The van der Waals surface area contributed by atoms with Crippen molar-refractivity contribution in [3.05, 3.63) is 35.9 Å². The van der Waals surface area contributed by atoms with Gasteiger partial charge in [-0.15, -0.1) is 0 Å². The molecule has 3 rings (SSSR count). The number of aliphatic carboxylic acids is 1. The minimum absolute atomic E-state index is 0.0316. The molecule has 0 aliphatic carbocycles. The summed E-state index contributed by atoms with van der Waals surface area (Å²) in [7, 11) is 0. The second-order valence-corrected chi connectivity index (χ2v) is 10.7. The molecule has 4 N–H and O–H groups in total. The number of benzene rings is 1. The zero-order chi connectivity index (χ0) is 29.9. The first-order valence-electron chi connectivity index (χ1n) is 13.9. The summed E-state index contributed by atoms with van der Waals surface area (Å²) >= 11 is 0. The highest BCUT2D eigenvalue weighted by Crippen LogP contribution is 2.19. The van der Waals surface area contributed by atoms with Crippen LogP contribution in [-0.4, -0.2) is 94.9 Å². The number of likely N-dealkylation sites (tertiary alicyclic amines) is 2. The standard InChI is InChI=1S/C28H39N5O8/c1-18(2)14-20(25(36)29-15-23(34)33-13-7-11-22(33)27(38)39)31-26(37)21-10-6-12-32(21)24(35)16-30-28(40)41-17-19-8-4-3-5-9-19/h3-5,8-9,18,20-22H,6-7,10-17H2,1-2H3,(H,29,36)(H,30,40)(H,31,37)(H,38,39)/t20-,21-,22-/m0/s1. The summed E-state index contributed by atoms with van der Waals surface area (Å²) in [6, 6.07) is 6.42. The van der Waals surface area contributed by atoms with Gasteiger partial charge in [-0.1, -0.05) is 44.2 Å². The predicted molar refractivity (Wildman–Crippen MR) is 146 cm³/mol. The van der Waals surface area contributed by atoms with Gasteiger partial charge in [0.15, 0.2) is 0 Å². The van der Waals surface area contributed by atoms with Crippen molar-refractivity contribution in [2.24, 2.45) is 5.92 Å². The lowest BCUT2D eigenvalue weighted by Crippen LogP contribution is -2.55. The zero-order valence-electron chi connectivity index (χ0n) is 23.5. The van der Waals surface area contributed by atoms with E-state index in [9.17, 15) is 33.9 Å². The Labute approximate surface area is 238 Å². The minimum atomic E-state index is -1.08. The van der Waals surface area contributed by atoms with Crippen molar-refractivity contribution < 1.29 is 38.6 Å². The Bertz CT molecular complexity index is 1110. The molecule has 0 aromatic heterocycles. The first kappa shape index (κ1) is 31.4. The van der Waals surface area contributed by atoms with Crippen molar-refractivity contribution in [2.45, 2.75) is 70.7 Å². The number of amides is 5. The maximum absolute atomic E-state index is 13.2. The van der Waals surface area contributed by atoms with Gasteiger partial charge in [0.2, 0.25) is 23.6 Å². The molecule has 0 bridgehead atoms. The molecule has 0 saturated carbocycles. The fourth-order valence-corrected chi connectivity index (χ4v) is 5.04. The van der Waals surface area contributed by atoms with E-state index in [1.807, 2.05) is 32.0 Å². The number of hydrogen-bond acceptors (Lipinski definition) is 7. The van der Waals surface area contributed by atoms with Gasteiger partial charge in [-0.05, 0) is 43.6 Å². The van der Waals surface area contributed by atoms with Crippen LogP contribution in [0.25, 0.3) is 0 Å². The van der Waals surface area contributed by atoms with E-state index in [1.165, 1.54) is 9.80 Å². The van der Waals surface area contributed by atoms with Crippen LogP contribution in [-0.2, 0) is 35.3 Å².